The normalized spacial score (nSPS) is 11.1. The van der Waals surface area contributed by atoms with Crippen LogP contribution in [-0.2, 0) is 6.54 Å². The summed E-state index contributed by atoms with van der Waals surface area (Å²) in [5, 5.41) is 26.3. The summed E-state index contributed by atoms with van der Waals surface area (Å²) >= 11 is 0. The Kier molecular flexibility index (Phi) is 5.54. The van der Waals surface area contributed by atoms with Gasteiger partial charge in [-0.05, 0) is 35.7 Å². The third-order valence-electron chi connectivity index (χ3n) is 5.64. The molecule has 10 heteroatoms. The van der Waals surface area contributed by atoms with Gasteiger partial charge in [0.1, 0.15) is 12.1 Å². The van der Waals surface area contributed by atoms with Gasteiger partial charge in [-0.25, -0.2) is 9.59 Å². The lowest BCUT2D eigenvalue weighted by Crippen LogP contribution is -2.28. The smallest absolute Gasteiger partial charge is 0.460 e. The molecule has 35 heavy (non-hydrogen) atoms. The van der Waals surface area contributed by atoms with Crippen molar-refractivity contribution >= 4 is 17.0 Å². The minimum Gasteiger partial charge on any atom is -0.708 e. The number of rotatable bonds is 7. The van der Waals surface area contributed by atoms with Gasteiger partial charge in [0.25, 0.3) is 0 Å². The van der Waals surface area contributed by atoms with Gasteiger partial charge in [-0.15, -0.1) is 0 Å². The zero-order chi connectivity index (χ0) is 24.5. The van der Waals surface area contributed by atoms with Gasteiger partial charge < -0.3 is 15.1 Å². The Morgan fingerprint density at radius 3 is 2.51 bits per heavy atom. The van der Waals surface area contributed by atoms with E-state index in [0.29, 0.717) is 21.6 Å². The average Bonchev–Trinajstić information content (AvgIpc) is 3.42. The standard InChI is InChI=1S/C25H20N4O6/c1-2-34-25-28(21-19(23(30)31)8-5-9-20(21)29(25)33)14-15-10-12-16(13-11-15)17-6-3-4-7-18(17)22-26-24(32)35-27-22/h3-13H,2,14H2,1H3,(H,30,31)(H,26,27,32). The van der Waals surface area contributed by atoms with Crippen LogP contribution in [0.2, 0.25) is 0 Å². The van der Waals surface area contributed by atoms with Crippen molar-refractivity contribution in [1.29, 1.82) is 0 Å². The number of hydrogen-bond acceptors (Lipinski definition) is 6. The molecule has 0 fully saturated rings. The lowest BCUT2D eigenvalue weighted by Gasteiger charge is -2.09. The van der Waals surface area contributed by atoms with Crippen molar-refractivity contribution in [1.82, 2.24) is 14.7 Å². The summed E-state index contributed by atoms with van der Waals surface area (Å²) in [6.45, 7) is 2.24. The van der Waals surface area contributed by atoms with E-state index in [1.165, 1.54) is 12.1 Å². The Bertz CT molecular complexity index is 1600. The highest BCUT2D eigenvalue weighted by atomic mass is 16.6. The summed E-state index contributed by atoms with van der Waals surface area (Å²) in [6.07, 6.45) is 0. The second kappa shape index (κ2) is 8.82. The Balaban J connectivity index is 1.55. The van der Waals surface area contributed by atoms with Crippen LogP contribution in [0, 0.1) is 5.21 Å². The second-order valence-corrected chi connectivity index (χ2v) is 7.76. The minimum atomic E-state index is -1.13. The molecule has 0 unspecified atom stereocenters. The third-order valence-corrected chi connectivity index (χ3v) is 5.64. The maximum Gasteiger partial charge on any atom is 0.460 e. The van der Waals surface area contributed by atoms with Gasteiger partial charge in [0.05, 0.1) is 6.61 Å². The number of hydrogen-bond donors (Lipinski definition) is 2. The molecule has 0 atom stereocenters. The Labute approximate surface area is 198 Å². The zero-order valence-electron chi connectivity index (χ0n) is 18.6. The summed E-state index contributed by atoms with van der Waals surface area (Å²) in [7, 11) is 0. The monoisotopic (exact) mass is 472 g/mol. The van der Waals surface area contributed by atoms with Crippen molar-refractivity contribution in [2.45, 2.75) is 13.5 Å². The van der Waals surface area contributed by atoms with E-state index in [1.54, 1.807) is 17.6 Å². The van der Waals surface area contributed by atoms with E-state index in [2.05, 4.69) is 14.7 Å². The van der Waals surface area contributed by atoms with Crippen molar-refractivity contribution in [2.24, 2.45) is 0 Å². The molecule has 0 radical (unpaired) electrons. The third kappa shape index (κ3) is 3.90. The maximum absolute atomic E-state index is 12.9. The molecule has 2 aromatic heterocycles. The fourth-order valence-electron chi connectivity index (χ4n) is 4.13. The van der Waals surface area contributed by atoms with Crippen LogP contribution >= 0.6 is 0 Å². The number of aromatic carboxylic acids is 1. The summed E-state index contributed by atoms with van der Waals surface area (Å²) in [5.41, 5.74) is 3.80. The molecule has 0 bridgehead atoms. The Morgan fingerprint density at radius 2 is 1.86 bits per heavy atom. The highest BCUT2D eigenvalue weighted by molar-refractivity contribution is 6.00. The number of nitrogens with zero attached hydrogens (tertiary/aromatic N) is 3. The van der Waals surface area contributed by atoms with E-state index in [-0.39, 0.29) is 30.2 Å². The lowest BCUT2D eigenvalue weighted by atomic mass is 9.98. The molecule has 0 aliphatic carbocycles. The number of nitrogens with one attached hydrogen (secondary N) is 1. The minimum absolute atomic E-state index is 0.0187. The fraction of sp³-hybridized carbons (Fsp3) is 0.120. The van der Waals surface area contributed by atoms with Crippen LogP contribution < -0.4 is 15.2 Å². The lowest BCUT2D eigenvalue weighted by molar-refractivity contribution is -0.586. The van der Waals surface area contributed by atoms with Gasteiger partial charge >= 0.3 is 17.7 Å². The molecule has 2 N–H and O–H groups in total. The molecule has 0 aliphatic heterocycles. The number of ether oxygens (including phenoxy) is 1. The first-order valence-electron chi connectivity index (χ1n) is 10.8. The Morgan fingerprint density at radius 1 is 1.11 bits per heavy atom. The van der Waals surface area contributed by atoms with E-state index in [0.717, 1.165) is 16.7 Å². The number of aromatic nitrogens is 4. The van der Waals surface area contributed by atoms with E-state index in [9.17, 15) is 19.9 Å². The molecule has 0 amide bonds. The predicted molar refractivity (Wildman–Crippen MR) is 126 cm³/mol. The van der Waals surface area contributed by atoms with E-state index in [4.69, 9.17) is 4.74 Å². The van der Waals surface area contributed by atoms with Gasteiger partial charge in [0.2, 0.25) is 0 Å². The molecule has 5 aromatic rings. The summed E-state index contributed by atoms with van der Waals surface area (Å²) < 4.78 is 12.4. The van der Waals surface area contributed by atoms with E-state index in [1.807, 2.05) is 48.5 Å². The number of fused-ring (bicyclic) bond motifs is 1. The van der Waals surface area contributed by atoms with Gasteiger partial charge in [-0.2, -0.15) is 9.30 Å². The van der Waals surface area contributed by atoms with Crippen molar-refractivity contribution in [3.8, 4) is 28.5 Å². The van der Waals surface area contributed by atoms with Gasteiger partial charge in [0.15, 0.2) is 16.9 Å². The van der Waals surface area contributed by atoms with Crippen LogP contribution in [0.25, 0.3) is 33.5 Å². The number of benzene rings is 3. The second-order valence-electron chi connectivity index (χ2n) is 7.76. The number of aromatic amines is 1. The predicted octanol–water partition coefficient (Wildman–Crippen LogP) is 3.43. The maximum atomic E-state index is 12.9. The zero-order valence-corrected chi connectivity index (χ0v) is 18.6. The summed E-state index contributed by atoms with van der Waals surface area (Å²) in [4.78, 5) is 25.8. The van der Waals surface area contributed by atoms with Crippen molar-refractivity contribution in [3.05, 3.63) is 93.6 Å². The molecular formula is C25H20N4O6. The van der Waals surface area contributed by atoms with E-state index >= 15 is 0 Å². The first-order chi connectivity index (χ1) is 17.0. The van der Waals surface area contributed by atoms with Gasteiger partial charge in [0, 0.05) is 5.56 Å². The molecule has 10 nitrogen and oxygen atoms in total. The number of carboxylic acid groups (broad SMARTS) is 1. The van der Waals surface area contributed by atoms with Crippen LogP contribution in [0.1, 0.15) is 22.8 Å². The van der Waals surface area contributed by atoms with Crippen LogP contribution in [-0.4, -0.2) is 32.4 Å². The molecule has 0 saturated heterocycles. The van der Waals surface area contributed by atoms with Crippen LogP contribution in [0.3, 0.4) is 0 Å². The van der Waals surface area contributed by atoms with Gasteiger partial charge in [-0.1, -0.05) is 59.8 Å². The molecule has 0 aliphatic rings. The number of imidazole rings is 1. The topological polar surface area (TPSA) is 137 Å². The first-order valence-corrected chi connectivity index (χ1v) is 10.8. The molecule has 176 valence electrons. The summed E-state index contributed by atoms with van der Waals surface area (Å²) in [5.74, 6) is -1.43. The van der Waals surface area contributed by atoms with Crippen LogP contribution in [0.5, 0.6) is 6.01 Å². The van der Waals surface area contributed by atoms with Crippen molar-refractivity contribution < 1.29 is 23.9 Å². The summed E-state index contributed by atoms with van der Waals surface area (Å²) in [6, 6.07) is 19.6. The molecular weight excluding hydrogens is 452 g/mol. The molecule has 2 heterocycles. The molecule has 5 rings (SSSR count). The number of H-pyrrole nitrogens is 1. The fourth-order valence-corrected chi connectivity index (χ4v) is 4.13. The number of para-hydroxylation sites is 1. The Hall–Kier alpha value is -4.86. The van der Waals surface area contributed by atoms with Crippen LogP contribution in [0.15, 0.2) is 76.0 Å². The largest absolute Gasteiger partial charge is 0.708 e. The average molecular weight is 472 g/mol. The first kappa shape index (κ1) is 22.0. The molecule has 3 aromatic carbocycles. The van der Waals surface area contributed by atoms with Crippen molar-refractivity contribution in [2.75, 3.05) is 6.61 Å². The number of carboxylic acids is 1. The highest BCUT2D eigenvalue weighted by Gasteiger charge is 2.28. The number of carbonyl (C=O) groups is 1. The van der Waals surface area contributed by atoms with E-state index < -0.39 is 11.7 Å². The quantitative estimate of drug-likeness (QED) is 0.273. The van der Waals surface area contributed by atoms with Crippen LogP contribution in [0.4, 0.5) is 0 Å². The highest BCUT2D eigenvalue weighted by Crippen LogP contribution is 2.30. The SMILES string of the molecule is CCOc1n(Cc2ccc(-c3ccccc3-c3noc(=O)[nH]3)cc2)c2c(C(=O)O)cccc2[n+]1[O-]. The molecule has 0 spiro atoms. The molecule has 0 saturated carbocycles. The van der Waals surface area contributed by atoms with Gasteiger partial charge in [-0.3, -0.25) is 9.51 Å². The van der Waals surface area contributed by atoms with Crippen molar-refractivity contribution in [3.63, 3.8) is 0 Å².